The van der Waals surface area contributed by atoms with Gasteiger partial charge in [-0.25, -0.2) is 18.1 Å². The molecule has 0 aliphatic carbocycles. The van der Waals surface area contributed by atoms with E-state index >= 15 is 0 Å². The van der Waals surface area contributed by atoms with Crippen LogP contribution in [-0.2, 0) is 30.8 Å². The summed E-state index contributed by atoms with van der Waals surface area (Å²) in [5.74, 6) is -2.95. The Kier molecular flexibility index (Phi) is 5.79. The molecule has 5 amide bonds. The molecule has 1 unspecified atom stereocenters. The minimum Gasteiger partial charge on any atom is -0.307 e. The average Bonchev–Trinajstić information content (AvgIpc) is 3.23. The Labute approximate surface area is 185 Å². The molecule has 32 heavy (non-hydrogen) atoms. The number of para-hydroxylation sites is 1. The second-order valence-corrected chi connectivity index (χ2v) is 9.94. The maximum absolute atomic E-state index is 13.2. The van der Waals surface area contributed by atoms with Gasteiger partial charge in [0.1, 0.15) is 6.54 Å². The molecule has 2 fully saturated rings. The largest absolute Gasteiger partial charge is 0.335 e. The van der Waals surface area contributed by atoms with Crippen LogP contribution < -0.4 is 4.90 Å². The molecule has 10 heteroatoms. The molecule has 0 radical (unpaired) electrons. The van der Waals surface area contributed by atoms with Crippen LogP contribution in [0.15, 0.2) is 60.7 Å². The van der Waals surface area contributed by atoms with Crippen LogP contribution in [0.2, 0.25) is 0 Å². The van der Waals surface area contributed by atoms with Crippen LogP contribution in [0, 0.1) is 0 Å². The number of urea groups is 1. The maximum Gasteiger partial charge on any atom is 0.335 e. The zero-order valence-electron chi connectivity index (χ0n) is 17.1. The fourth-order valence-electron chi connectivity index (χ4n) is 3.93. The Hall–Kier alpha value is -3.53. The van der Waals surface area contributed by atoms with Crippen LogP contribution >= 0.6 is 0 Å². The molecule has 0 spiro atoms. The molecule has 166 valence electrons. The number of hydrogen-bond acceptors (Lipinski definition) is 6. The molecule has 2 aliphatic heterocycles. The highest BCUT2D eigenvalue weighted by Gasteiger charge is 2.46. The van der Waals surface area contributed by atoms with Gasteiger partial charge in [0.2, 0.25) is 5.91 Å². The molecule has 2 aliphatic rings. The summed E-state index contributed by atoms with van der Waals surface area (Å²) in [6.07, 6.45) is 0.254. The molecule has 9 nitrogen and oxygen atoms in total. The molecule has 0 aromatic heterocycles. The minimum absolute atomic E-state index is 0.0425. The van der Waals surface area contributed by atoms with Gasteiger partial charge in [0.15, 0.2) is 9.84 Å². The fourth-order valence-corrected chi connectivity index (χ4v) is 5.63. The number of sulfone groups is 1. The first kappa shape index (κ1) is 21.7. The first-order valence-electron chi connectivity index (χ1n) is 10.1. The zero-order valence-corrected chi connectivity index (χ0v) is 17.9. The first-order chi connectivity index (χ1) is 15.3. The minimum atomic E-state index is -3.29. The molecule has 0 bridgehead atoms. The number of carbonyl (C=O) groups excluding carboxylic acids is 4. The normalized spacial score (nSPS) is 20.1. The number of amides is 5. The van der Waals surface area contributed by atoms with Gasteiger partial charge in [-0.1, -0.05) is 48.5 Å². The maximum atomic E-state index is 13.2. The first-order valence-corrected chi connectivity index (χ1v) is 11.9. The molecular formula is C22H21N3O6S. The predicted molar refractivity (Wildman–Crippen MR) is 115 cm³/mol. The Morgan fingerprint density at radius 1 is 0.906 bits per heavy atom. The van der Waals surface area contributed by atoms with Gasteiger partial charge in [-0.15, -0.1) is 0 Å². The lowest BCUT2D eigenvalue weighted by Crippen LogP contribution is -2.48. The van der Waals surface area contributed by atoms with E-state index in [4.69, 9.17) is 0 Å². The van der Waals surface area contributed by atoms with E-state index in [1.807, 2.05) is 0 Å². The van der Waals surface area contributed by atoms with Crippen molar-refractivity contribution in [3.63, 3.8) is 0 Å². The van der Waals surface area contributed by atoms with E-state index < -0.39 is 46.2 Å². The van der Waals surface area contributed by atoms with E-state index in [1.54, 1.807) is 60.7 Å². The van der Waals surface area contributed by atoms with Gasteiger partial charge < -0.3 is 4.90 Å². The summed E-state index contributed by atoms with van der Waals surface area (Å²) in [6, 6.07) is 15.7. The summed E-state index contributed by atoms with van der Waals surface area (Å²) < 4.78 is 24.0. The second-order valence-electron chi connectivity index (χ2n) is 7.71. The summed E-state index contributed by atoms with van der Waals surface area (Å²) in [6.45, 7) is -0.738. The van der Waals surface area contributed by atoms with Crippen LogP contribution in [0.3, 0.4) is 0 Å². The summed E-state index contributed by atoms with van der Waals surface area (Å²) in [4.78, 5) is 53.6. The van der Waals surface area contributed by atoms with Crippen molar-refractivity contribution in [2.24, 2.45) is 0 Å². The molecule has 4 rings (SSSR count). The highest BCUT2D eigenvalue weighted by atomic mass is 32.2. The van der Waals surface area contributed by atoms with Gasteiger partial charge >= 0.3 is 17.8 Å². The third-order valence-corrected chi connectivity index (χ3v) is 7.24. The van der Waals surface area contributed by atoms with Crippen LogP contribution in [0.25, 0.3) is 0 Å². The highest BCUT2D eigenvalue weighted by molar-refractivity contribution is 7.91. The third kappa shape index (κ3) is 4.26. The molecule has 0 saturated carbocycles. The van der Waals surface area contributed by atoms with E-state index in [2.05, 4.69) is 0 Å². The fraction of sp³-hybridized carbons (Fsp3) is 0.273. The van der Waals surface area contributed by atoms with E-state index in [0.29, 0.717) is 16.2 Å². The number of imide groups is 2. The van der Waals surface area contributed by atoms with Crippen molar-refractivity contribution in [1.82, 2.24) is 9.80 Å². The molecule has 2 aromatic carbocycles. The zero-order chi connectivity index (χ0) is 22.9. The summed E-state index contributed by atoms with van der Waals surface area (Å²) in [5.41, 5.74) is 1.13. The monoisotopic (exact) mass is 455 g/mol. The van der Waals surface area contributed by atoms with E-state index in [0.717, 1.165) is 4.90 Å². The van der Waals surface area contributed by atoms with Crippen LogP contribution in [0.1, 0.15) is 12.0 Å². The number of anilines is 1. The van der Waals surface area contributed by atoms with Crippen molar-refractivity contribution in [2.75, 3.05) is 23.0 Å². The molecule has 0 N–H and O–H groups in total. The van der Waals surface area contributed by atoms with Crippen molar-refractivity contribution in [3.05, 3.63) is 66.2 Å². The lowest BCUT2D eigenvalue weighted by Gasteiger charge is -2.29. The summed E-state index contributed by atoms with van der Waals surface area (Å²) >= 11 is 0. The number of hydrogen-bond donors (Lipinski definition) is 0. The number of nitrogens with zero attached hydrogens (tertiary/aromatic N) is 3. The lowest BCUT2D eigenvalue weighted by atomic mass is 10.1. The van der Waals surface area contributed by atoms with Crippen LogP contribution in [0.5, 0.6) is 0 Å². The average molecular weight is 455 g/mol. The van der Waals surface area contributed by atoms with Crippen molar-refractivity contribution in [1.29, 1.82) is 0 Å². The quantitative estimate of drug-likeness (QED) is 0.478. The smallest absolute Gasteiger partial charge is 0.307 e. The Bertz CT molecular complexity index is 1170. The predicted octanol–water partition coefficient (Wildman–Crippen LogP) is 1.20. The highest BCUT2D eigenvalue weighted by Crippen LogP contribution is 2.25. The molecule has 2 aromatic rings. The molecular weight excluding hydrogens is 434 g/mol. The van der Waals surface area contributed by atoms with Crippen molar-refractivity contribution >= 4 is 39.3 Å². The molecule has 1 atom stereocenters. The Balaban J connectivity index is 1.56. The van der Waals surface area contributed by atoms with Gasteiger partial charge in [0.05, 0.1) is 24.1 Å². The van der Waals surface area contributed by atoms with Gasteiger partial charge in [-0.2, -0.15) is 0 Å². The summed E-state index contributed by atoms with van der Waals surface area (Å²) in [7, 11) is -3.29. The van der Waals surface area contributed by atoms with E-state index in [-0.39, 0.29) is 24.5 Å². The summed E-state index contributed by atoms with van der Waals surface area (Å²) in [5, 5.41) is 0. The van der Waals surface area contributed by atoms with Crippen molar-refractivity contribution in [3.8, 4) is 0 Å². The van der Waals surface area contributed by atoms with Gasteiger partial charge in [0, 0.05) is 5.69 Å². The number of benzene rings is 2. The van der Waals surface area contributed by atoms with Crippen molar-refractivity contribution < 1.29 is 27.6 Å². The van der Waals surface area contributed by atoms with Crippen LogP contribution in [0.4, 0.5) is 10.5 Å². The number of rotatable bonds is 6. The molecule has 2 heterocycles. The lowest BCUT2D eigenvalue weighted by molar-refractivity contribution is -0.144. The molecule has 2 saturated heterocycles. The number of carbonyl (C=O) groups is 4. The Morgan fingerprint density at radius 2 is 1.50 bits per heavy atom. The second kappa shape index (κ2) is 8.54. The SMILES string of the molecule is O=C1C(=O)N(Cc2ccccc2)C(=O)N1CC(=O)N(c1ccccc1)C1CCS(=O)(=O)C1. The van der Waals surface area contributed by atoms with Crippen LogP contribution in [-0.4, -0.2) is 66.1 Å². The van der Waals surface area contributed by atoms with E-state index in [9.17, 15) is 27.6 Å². The van der Waals surface area contributed by atoms with Crippen molar-refractivity contribution in [2.45, 2.75) is 19.0 Å². The third-order valence-electron chi connectivity index (χ3n) is 5.49. The standard InChI is InChI=1S/C22H21N3O6S/c26-19(25(17-9-5-2-6-10-17)18-11-12-32(30,31)15-18)14-24-21(28)20(27)23(22(24)29)13-16-7-3-1-4-8-16/h1-10,18H,11-15H2. The van der Waals surface area contributed by atoms with E-state index in [1.165, 1.54) is 4.90 Å². The van der Waals surface area contributed by atoms with Gasteiger partial charge in [-0.3, -0.25) is 19.3 Å². The Morgan fingerprint density at radius 3 is 2.09 bits per heavy atom. The topological polar surface area (TPSA) is 112 Å². The van der Waals surface area contributed by atoms with Gasteiger partial charge in [-0.05, 0) is 24.1 Å². The van der Waals surface area contributed by atoms with Gasteiger partial charge in [0.25, 0.3) is 0 Å².